The highest BCUT2D eigenvalue weighted by atomic mass is 16.6. The van der Waals surface area contributed by atoms with E-state index in [0.29, 0.717) is 19.4 Å². The molecule has 0 fully saturated rings. The summed E-state index contributed by atoms with van der Waals surface area (Å²) in [5, 5.41) is 2.90. The van der Waals surface area contributed by atoms with E-state index >= 15 is 0 Å². The summed E-state index contributed by atoms with van der Waals surface area (Å²) in [6, 6.07) is 19.2. The number of carbonyl (C=O) groups excluding carboxylic acids is 2. The molecule has 1 unspecified atom stereocenters. The molecular weight excluding hydrogens is 302 g/mol. The van der Waals surface area contributed by atoms with Gasteiger partial charge < -0.3 is 10.1 Å². The number of cyclic esters (lactones) is 1. The zero-order valence-corrected chi connectivity index (χ0v) is 13.3. The zero-order chi connectivity index (χ0) is 16.8. The molecule has 0 spiro atoms. The quantitative estimate of drug-likeness (QED) is 0.862. The first kappa shape index (κ1) is 16.0. The Labute approximate surface area is 141 Å². The monoisotopic (exact) mass is 321 g/mol. The SMILES string of the molecule is O=C1C=CCC(Cc2ccccc2)(C(=O)NCc2ccccc2)O1. The minimum Gasteiger partial charge on any atom is -0.445 e. The van der Waals surface area contributed by atoms with Gasteiger partial charge in [0.15, 0.2) is 5.60 Å². The molecule has 0 saturated heterocycles. The molecular formula is C20H19NO3. The molecule has 1 heterocycles. The Hall–Kier alpha value is -2.88. The topological polar surface area (TPSA) is 55.4 Å². The van der Waals surface area contributed by atoms with Gasteiger partial charge in [0.05, 0.1) is 0 Å². The Morgan fingerprint density at radius 3 is 2.25 bits per heavy atom. The summed E-state index contributed by atoms with van der Waals surface area (Å²) in [7, 11) is 0. The van der Waals surface area contributed by atoms with E-state index in [0.717, 1.165) is 11.1 Å². The first-order valence-corrected chi connectivity index (χ1v) is 7.94. The van der Waals surface area contributed by atoms with Crippen LogP contribution in [0.1, 0.15) is 17.5 Å². The second-order valence-corrected chi connectivity index (χ2v) is 5.85. The Bertz CT molecular complexity index is 740. The number of nitrogens with one attached hydrogen (secondary N) is 1. The fraction of sp³-hybridized carbons (Fsp3) is 0.200. The van der Waals surface area contributed by atoms with E-state index in [4.69, 9.17) is 4.74 Å². The Morgan fingerprint density at radius 1 is 1.00 bits per heavy atom. The predicted molar refractivity (Wildman–Crippen MR) is 91.0 cm³/mol. The van der Waals surface area contributed by atoms with E-state index in [1.54, 1.807) is 6.08 Å². The van der Waals surface area contributed by atoms with Gasteiger partial charge in [0.2, 0.25) is 0 Å². The highest BCUT2D eigenvalue weighted by Crippen LogP contribution is 2.27. The van der Waals surface area contributed by atoms with Gasteiger partial charge in [-0.3, -0.25) is 4.79 Å². The van der Waals surface area contributed by atoms with Gasteiger partial charge >= 0.3 is 5.97 Å². The minimum absolute atomic E-state index is 0.270. The first-order chi connectivity index (χ1) is 11.7. The molecule has 1 atom stereocenters. The normalized spacial score (nSPS) is 19.6. The number of esters is 1. The van der Waals surface area contributed by atoms with Crippen molar-refractivity contribution in [2.24, 2.45) is 0 Å². The number of carbonyl (C=O) groups is 2. The molecule has 0 saturated carbocycles. The summed E-state index contributed by atoms with van der Waals surface area (Å²) in [6.45, 7) is 0.400. The zero-order valence-electron chi connectivity index (χ0n) is 13.3. The largest absolute Gasteiger partial charge is 0.445 e. The lowest BCUT2D eigenvalue weighted by Crippen LogP contribution is -2.52. The molecule has 4 heteroatoms. The lowest BCUT2D eigenvalue weighted by molar-refractivity contribution is -0.165. The van der Waals surface area contributed by atoms with Crippen molar-refractivity contribution in [1.82, 2.24) is 5.32 Å². The highest BCUT2D eigenvalue weighted by Gasteiger charge is 2.42. The summed E-state index contributed by atoms with van der Waals surface area (Å²) in [5.74, 6) is -0.750. The van der Waals surface area contributed by atoms with Crippen LogP contribution in [0, 0.1) is 0 Å². The molecule has 1 amide bonds. The van der Waals surface area contributed by atoms with Crippen LogP contribution >= 0.6 is 0 Å². The summed E-state index contributed by atoms with van der Waals surface area (Å²) in [4.78, 5) is 24.6. The average Bonchev–Trinajstić information content (AvgIpc) is 2.61. The fourth-order valence-corrected chi connectivity index (χ4v) is 2.81. The van der Waals surface area contributed by atoms with Gasteiger partial charge in [0.25, 0.3) is 5.91 Å². The number of amides is 1. The van der Waals surface area contributed by atoms with E-state index in [2.05, 4.69) is 5.32 Å². The molecule has 1 aliphatic heterocycles. The van der Waals surface area contributed by atoms with Crippen LogP contribution in [0.2, 0.25) is 0 Å². The molecule has 4 nitrogen and oxygen atoms in total. The summed E-state index contributed by atoms with van der Waals surface area (Å²) in [5.41, 5.74) is 0.760. The van der Waals surface area contributed by atoms with Crippen molar-refractivity contribution in [3.8, 4) is 0 Å². The van der Waals surface area contributed by atoms with E-state index in [9.17, 15) is 9.59 Å². The molecule has 0 aliphatic carbocycles. The Morgan fingerprint density at radius 2 is 1.62 bits per heavy atom. The Balaban J connectivity index is 1.78. The molecule has 1 aliphatic rings. The molecule has 0 bridgehead atoms. The molecule has 2 aromatic rings. The third-order valence-corrected chi connectivity index (χ3v) is 4.04. The summed E-state index contributed by atoms with van der Waals surface area (Å²) in [6.07, 6.45) is 3.80. The van der Waals surface area contributed by atoms with Crippen LogP contribution in [0.3, 0.4) is 0 Å². The van der Waals surface area contributed by atoms with E-state index < -0.39 is 11.6 Å². The van der Waals surface area contributed by atoms with Gasteiger partial charge in [-0.15, -0.1) is 0 Å². The minimum atomic E-state index is -1.19. The van der Waals surface area contributed by atoms with Crippen LogP contribution in [0.25, 0.3) is 0 Å². The van der Waals surface area contributed by atoms with Crippen molar-refractivity contribution in [2.45, 2.75) is 25.0 Å². The third-order valence-electron chi connectivity index (χ3n) is 4.04. The molecule has 1 N–H and O–H groups in total. The average molecular weight is 321 g/mol. The lowest BCUT2D eigenvalue weighted by Gasteiger charge is -2.33. The van der Waals surface area contributed by atoms with E-state index in [-0.39, 0.29) is 5.91 Å². The van der Waals surface area contributed by atoms with Crippen LogP contribution in [-0.2, 0) is 27.3 Å². The van der Waals surface area contributed by atoms with Gasteiger partial charge in [-0.1, -0.05) is 66.7 Å². The standard InChI is InChI=1S/C20H19NO3/c22-18-12-7-13-20(24-18,14-16-8-3-1-4-9-16)19(23)21-15-17-10-5-2-6-11-17/h1-12H,13-15H2,(H,21,23). The van der Waals surface area contributed by atoms with Crippen molar-refractivity contribution in [3.63, 3.8) is 0 Å². The van der Waals surface area contributed by atoms with Crippen molar-refractivity contribution in [1.29, 1.82) is 0 Å². The van der Waals surface area contributed by atoms with Crippen LogP contribution < -0.4 is 5.32 Å². The van der Waals surface area contributed by atoms with Crippen LogP contribution in [0.15, 0.2) is 72.8 Å². The molecule has 24 heavy (non-hydrogen) atoms. The van der Waals surface area contributed by atoms with Crippen LogP contribution in [0.4, 0.5) is 0 Å². The van der Waals surface area contributed by atoms with Gasteiger partial charge in [-0.05, 0) is 11.1 Å². The van der Waals surface area contributed by atoms with Crippen molar-refractivity contribution in [3.05, 3.63) is 83.9 Å². The van der Waals surface area contributed by atoms with Crippen molar-refractivity contribution >= 4 is 11.9 Å². The lowest BCUT2D eigenvalue weighted by atomic mass is 9.88. The molecule has 122 valence electrons. The van der Waals surface area contributed by atoms with Crippen LogP contribution in [0.5, 0.6) is 0 Å². The van der Waals surface area contributed by atoms with Crippen LogP contribution in [-0.4, -0.2) is 17.5 Å². The number of ether oxygens (including phenoxy) is 1. The number of hydrogen-bond donors (Lipinski definition) is 1. The van der Waals surface area contributed by atoms with E-state index in [1.807, 2.05) is 60.7 Å². The van der Waals surface area contributed by atoms with Gasteiger partial charge in [-0.2, -0.15) is 0 Å². The second-order valence-electron chi connectivity index (χ2n) is 5.85. The predicted octanol–water partition coefficient (Wildman–Crippen LogP) is 2.79. The Kier molecular flexibility index (Phi) is 4.75. The molecule has 0 aromatic heterocycles. The summed E-state index contributed by atoms with van der Waals surface area (Å²) >= 11 is 0. The third kappa shape index (κ3) is 3.71. The molecule has 0 radical (unpaired) electrons. The van der Waals surface area contributed by atoms with E-state index in [1.165, 1.54) is 6.08 Å². The summed E-state index contributed by atoms with van der Waals surface area (Å²) < 4.78 is 5.49. The maximum atomic E-state index is 12.8. The van der Waals surface area contributed by atoms with Gasteiger partial charge in [0, 0.05) is 25.5 Å². The maximum absolute atomic E-state index is 12.8. The van der Waals surface area contributed by atoms with Gasteiger partial charge in [0.1, 0.15) is 0 Å². The highest BCUT2D eigenvalue weighted by molar-refractivity contribution is 5.92. The maximum Gasteiger partial charge on any atom is 0.331 e. The van der Waals surface area contributed by atoms with Crippen molar-refractivity contribution < 1.29 is 14.3 Å². The number of rotatable bonds is 5. The fourth-order valence-electron chi connectivity index (χ4n) is 2.81. The number of hydrogen-bond acceptors (Lipinski definition) is 3. The first-order valence-electron chi connectivity index (χ1n) is 7.94. The van der Waals surface area contributed by atoms with Gasteiger partial charge in [-0.25, -0.2) is 4.79 Å². The second kappa shape index (κ2) is 7.13. The smallest absolute Gasteiger partial charge is 0.331 e. The number of benzene rings is 2. The molecule has 2 aromatic carbocycles. The van der Waals surface area contributed by atoms with Crippen molar-refractivity contribution in [2.75, 3.05) is 0 Å². The molecule has 3 rings (SSSR count).